The van der Waals surface area contributed by atoms with E-state index in [2.05, 4.69) is 177 Å². The summed E-state index contributed by atoms with van der Waals surface area (Å²) in [5.74, 6) is 0. The van der Waals surface area contributed by atoms with Gasteiger partial charge < -0.3 is 5.73 Å². The van der Waals surface area contributed by atoms with Crippen molar-refractivity contribution in [2.24, 2.45) is 0 Å². The first-order valence-corrected chi connectivity index (χ1v) is 18.0. The summed E-state index contributed by atoms with van der Waals surface area (Å²) < 4.78 is 0. The molecule has 3 heteroatoms. The van der Waals surface area contributed by atoms with Gasteiger partial charge in [-0.05, 0) is 16.7 Å². The van der Waals surface area contributed by atoms with Crippen molar-refractivity contribution >= 4 is 42.8 Å². The zero-order valence-electron chi connectivity index (χ0n) is 30.1. The number of allylic oxidation sites excluding steroid dienone is 2. The molecule has 0 aliphatic heterocycles. The normalized spacial score (nSPS) is 10.6. The van der Waals surface area contributed by atoms with Crippen molar-refractivity contribution in [1.29, 1.82) is 0 Å². The molecule has 0 saturated heterocycles. The van der Waals surface area contributed by atoms with Gasteiger partial charge in [0.1, 0.15) is 9.52 Å². The standard InChI is InChI=1S/C16H13.C16H14.C12H10Si.C4H10N.Zr/c1-12-10-14-8-5-9-15(16(14)11-12)13-6-3-2-4-7-13;1-3-9-15(10-4-1)13-7-8-14-16-11-5-2-6-12-16;1-3-7-11(8-4-1)13-12-9-5-2-6-10-12;1-4(2,3)5;/h2-11H,1H3;1-14H;1-10H;5H,1-3H3;/q-1;;;-1;+2. The van der Waals surface area contributed by atoms with Crippen LogP contribution in [0.5, 0.6) is 0 Å². The van der Waals surface area contributed by atoms with Crippen molar-refractivity contribution in [3.05, 3.63) is 217 Å². The largest absolute Gasteiger partial charge is 2.00 e. The van der Waals surface area contributed by atoms with Crippen molar-refractivity contribution < 1.29 is 26.2 Å². The Hall–Kier alpha value is -4.53. The van der Waals surface area contributed by atoms with E-state index in [1.54, 1.807) is 0 Å². The third kappa shape index (κ3) is 16.4. The summed E-state index contributed by atoms with van der Waals surface area (Å²) in [4.78, 5) is 0. The fourth-order valence-corrected chi connectivity index (χ4v) is 5.98. The topological polar surface area (TPSA) is 23.8 Å². The predicted molar refractivity (Wildman–Crippen MR) is 223 cm³/mol. The van der Waals surface area contributed by atoms with Gasteiger partial charge in [0.25, 0.3) is 0 Å². The van der Waals surface area contributed by atoms with Crippen LogP contribution in [0.25, 0.3) is 39.8 Å². The van der Waals surface area contributed by atoms with Crippen molar-refractivity contribution in [2.45, 2.75) is 33.2 Å². The first kappa shape index (κ1) is 40.9. The summed E-state index contributed by atoms with van der Waals surface area (Å²) in [6.45, 7) is 7.71. The molecule has 7 rings (SSSR count). The Balaban J connectivity index is 0.000000193. The van der Waals surface area contributed by atoms with Crippen molar-refractivity contribution in [3.8, 4) is 11.1 Å². The van der Waals surface area contributed by atoms with Crippen molar-refractivity contribution in [2.75, 3.05) is 0 Å². The van der Waals surface area contributed by atoms with Crippen LogP contribution >= 0.6 is 0 Å². The third-order valence-electron chi connectivity index (χ3n) is 7.10. The number of nitrogens with one attached hydrogen (secondary N) is 1. The van der Waals surface area contributed by atoms with E-state index in [0.717, 1.165) is 9.52 Å². The molecule has 0 saturated carbocycles. The number of fused-ring (bicyclic) bond motifs is 1. The van der Waals surface area contributed by atoms with Crippen molar-refractivity contribution in [1.82, 2.24) is 0 Å². The maximum atomic E-state index is 6.94. The maximum Gasteiger partial charge on any atom is 2.00 e. The average molecular weight is 757 g/mol. The van der Waals surface area contributed by atoms with Crippen LogP contribution in [-0.4, -0.2) is 15.1 Å². The predicted octanol–water partition coefficient (Wildman–Crippen LogP) is 12.1. The van der Waals surface area contributed by atoms with Crippen LogP contribution < -0.4 is 10.4 Å². The minimum Gasteiger partial charge on any atom is -0.673 e. The number of hydrogen-bond acceptors (Lipinski definition) is 0. The van der Waals surface area contributed by atoms with Gasteiger partial charge in [0, 0.05) is 0 Å². The second-order valence-electron chi connectivity index (χ2n) is 12.9. The maximum absolute atomic E-state index is 6.94. The SMILES string of the molecule is C(C=Cc1ccccc1)=Cc1ccccc1.CC(C)(C)[NH-].Cc1cc2c(-c3ccccc3)cccc2[cH-]1.[Zr+2].c1ccc([Si]c2ccccc2)cc1. The van der Waals surface area contributed by atoms with Gasteiger partial charge in [0.15, 0.2) is 0 Å². The summed E-state index contributed by atoms with van der Waals surface area (Å²) in [6.07, 6.45) is 8.31. The zero-order valence-corrected chi connectivity index (χ0v) is 33.6. The Morgan fingerprint density at radius 2 is 0.922 bits per heavy atom. The Kier molecular flexibility index (Phi) is 17.9. The Bertz CT molecular complexity index is 1900. The molecule has 51 heavy (non-hydrogen) atoms. The van der Waals surface area contributed by atoms with E-state index < -0.39 is 0 Å². The molecule has 252 valence electrons. The molecule has 7 aromatic carbocycles. The molecule has 0 spiro atoms. The zero-order chi connectivity index (χ0) is 35.4. The van der Waals surface area contributed by atoms with Crippen LogP contribution in [0.4, 0.5) is 0 Å². The average Bonchev–Trinajstić information content (AvgIpc) is 3.53. The van der Waals surface area contributed by atoms with E-state index in [9.17, 15) is 0 Å². The van der Waals surface area contributed by atoms with Crippen LogP contribution in [0.3, 0.4) is 0 Å². The van der Waals surface area contributed by atoms with E-state index in [1.165, 1.54) is 49.0 Å². The van der Waals surface area contributed by atoms with Gasteiger partial charge in [-0.25, -0.2) is 0 Å². The van der Waals surface area contributed by atoms with Gasteiger partial charge in [0.05, 0.1) is 0 Å². The second-order valence-corrected chi connectivity index (χ2v) is 14.3. The fraction of sp³-hybridized carbons (Fsp3) is 0.104. The molecule has 0 bridgehead atoms. The first-order chi connectivity index (χ1) is 24.2. The fourth-order valence-electron chi connectivity index (χ4n) is 4.93. The first-order valence-electron chi connectivity index (χ1n) is 17.0. The molecule has 0 fully saturated rings. The smallest absolute Gasteiger partial charge is 0.673 e. The van der Waals surface area contributed by atoms with Crippen LogP contribution in [0, 0.1) is 6.92 Å². The number of hydrogen-bond donors (Lipinski definition) is 0. The van der Waals surface area contributed by atoms with E-state index in [1.807, 2.05) is 57.2 Å². The number of rotatable bonds is 6. The van der Waals surface area contributed by atoms with E-state index in [-0.39, 0.29) is 31.7 Å². The van der Waals surface area contributed by atoms with Gasteiger partial charge in [0.2, 0.25) is 0 Å². The summed E-state index contributed by atoms with van der Waals surface area (Å²) >= 11 is 0. The van der Waals surface area contributed by atoms with Crippen molar-refractivity contribution in [3.63, 3.8) is 0 Å². The minimum absolute atomic E-state index is 0. The van der Waals surface area contributed by atoms with Gasteiger partial charge in [-0.15, -0.1) is 40.1 Å². The molecule has 1 nitrogen and oxygen atoms in total. The van der Waals surface area contributed by atoms with Gasteiger partial charge in [-0.2, -0.15) is 6.07 Å². The van der Waals surface area contributed by atoms with Gasteiger partial charge in [-0.1, -0.05) is 226 Å². The van der Waals surface area contributed by atoms with Crippen LogP contribution in [-0.2, 0) is 26.2 Å². The van der Waals surface area contributed by atoms with Crippen LogP contribution in [0.15, 0.2) is 194 Å². The summed E-state index contributed by atoms with van der Waals surface area (Å²) in [6, 6.07) is 63.3. The minimum atomic E-state index is -0.250. The molecule has 1 N–H and O–H groups in total. The molecule has 0 atom stereocenters. The van der Waals surface area contributed by atoms with Gasteiger partial charge in [-0.3, -0.25) is 0 Å². The Morgan fingerprint density at radius 3 is 1.35 bits per heavy atom. The van der Waals surface area contributed by atoms with E-state index in [0.29, 0.717) is 0 Å². The molecular weight excluding hydrogens is 710 g/mol. The third-order valence-corrected chi connectivity index (χ3v) is 8.35. The van der Waals surface area contributed by atoms with Crippen LogP contribution in [0.1, 0.15) is 37.5 Å². The molecule has 0 aliphatic rings. The molecule has 0 amide bonds. The van der Waals surface area contributed by atoms with E-state index in [4.69, 9.17) is 5.73 Å². The van der Waals surface area contributed by atoms with Crippen LogP contribution in [0.2, 0.25) is 0 Å². The molecule has 0 unspecified atom stereocenters. The summed E-state index contributed by atoms with van der Waals surface area (Å²) in [7, 11) is 0.777. The number of benzene rings is 6. The number of aryl methyl sites for hydroxylation is 1. The second kappa shape index (κ2) is 22.3. The van der Waals surface area contributed by atoms with Gasteiger partial charge >= 0.3 is 26.2 Å². The molecule has 7 aromatic rings. The quantitative estimate of drug-likeness (QED) is 0.0917. The molecule has 0 heterocycles. The summed E-state index contributed by atoms with van der Waals surface area (Å²) in [5, 5.41) is 5.48. The molecule has 0 aliphatic carbocycles. The Morgan fingerprint density at radius 1 is 0.529 bits per heavy atom. The van der Waals surface area contributed by atoms with E-state index >= 15 is 0 Å². The Labute approximate surface area is 327 Å². The monoisotopic (exact) mass is 755 g/mol. The molecular formula is C48H47NSiZr. The molecule has 0 aromatic heterocycles. The summed E-state index contributed by atoms with van der Waals surface area (Å²) in [5.41, 5.74) is 13.1. The molecule has 2 radical (unpaired) electrons.